The van der Waals surface area contributed by atoms with Gasteiger partial charge in [0.05, 0.1) is 0 Å². The molecular formula is C22H30N4O. The molecule has 0 heterocycles. The van der Waals surface area contributed by atoms with Gasteiger partial charge in [-0.1, -0.05) is 42.0 Å². The average molecular weight is 367 g/mol. The molecule has 0 unspecified atom stereocenters. The summed E-state index contributed by atoms with van der Waals surface area (Å²) in [4.78, 5) is 18.4. The fourth-order valence-corrected chi connectivity index (χ4v) is 2.87. The largest absolute Gasteiger partial charge is 0.352 e. The molecule has 0 saturated heterocycles. The van der Waals surface area contributed by atoms with Crippen molar-refractivity contribution in [3.05, 3.63) is 70.8 Å². The summed E-state index contributed by atoms with van der Waals surface area (Å²) in [5.74, 6) is 0.829. The molecule has 2 N–H and O–H groups in total. The topological polar surface area (TPSA) is 56.7 Å². The third-order valence-corrected chi connectivity index (χ3v) is 4.48. The van der Waals surface area contributed by atoms with Gasteiger partial charge < -0.3 is 15.5 Å². The van der Waals surface area contributed by atoms with Crippen LogP contribution < -0.4 is 10.6 Å². The van der Waals surface area contributed by atoms with Crippen LogP contribution >= 0.6 is 0 Å². The van der Waals surface area contributed by atoms with Crippen LogP contribution in [0.25, 0.3) is 0 Å². The fourth-order valence-electron chi connectivity index (χ4n) is 2.87. The Morgan fingerprint density at radius 1 is 0.963 bits per heavy atom. The Hall–Kier alpha value is -2.82. The number of carbonyl (C=O) groups is 1. The van der Waals surface area contributed by atoms with E-state index >= 15 is 0 Å². The van der Waals surface area contributed by atoms with Crippen molar-refractivity contribution < 1.29 is 4.79 Å². The number of carbonyl (C=O) groups excluding carboxylic acids is 1. The normalized spacial score (nSPS) is 11.2. The Morgan fingerprint density at radius 3 is 2.15 bits per heavy atom. The molecule has 2 aromatic carbocycles. The van der Waals surface area contributed by atoms with Crippen LogP contribution in [0.5, 0.6) is 0 Å². The zero-order valence-electron chi connectivity index (χ0n) is 16.7. The molecule has 144 valence electrons. The number of aryl methyl sites for hydroxylation is 1. The minimum Gasteiger partial charge on any atom is -0.352 e. The zero-order valence-corrected chi connectivity index (χ0v) is 16.7. The lowest BCUT2D eigenvalue weighted by Gasteiger charge is -2.18. The van der Waals surface area contributed by atoms with Gasteiger partial charge in [0.15, 0.2) is 5.96 Å². The fraction of sp³-hybridized carbons (Fsp3) is 0.364. The molecule has 0 radical (unpaired) electrons. The third-order valence-electron chi connectivity index (χ3n) is 4.48. The van der Waals surface area contributed by atoms with E-state index in [2.05, 4.69) is 46.8 Å². The molecule has 0 aromatic heterocycles. The van der Waals surface area contributed by atoms with Gasteiger partial charge in [0, 0.05) is 38.8 Å². The SMILES string of the molecule is CCN(CC)C(=O)c1ccc(CNC(=NC)NCc2cccc(C)c2)cc1. The molecule has 0 fully saturated rings. The van der Waals surface area contributed by atoms with Gasteiger partial charge in [-0.25, -0.2) is 0 Å². The van der Waals surface area contributed by atoms with Gasteiger partial charge in [0.2, 0.25) is 0 Å². The second-order valence-electron chi connectivity index (χ2n) is 6.44. The molecule has 5 heteroatoms. The Balaban J connectivity index is 1.88. The number of hydrogen-bond acceptors (Lipinski definition) is 2. The van der Waals surface area contributed by atoms with Gasteiger partial charge in [-0.15, -0.1) is 0 Å². The summed E-state index contributed by atoms with van der Waals surface area (Å²) in [5.41, 5.74) is 4.29. The van der Waals surface area contributed by atoms with E-state index in [0.717, 1.165) is 36.7 Å². The highest BCUT2D eigenvalue weighted by atomic mass is 16.2. The summed E-state index contributed by atoms with van der Waals surface area (Å²) >= 11 is 0. The van der Waals surface area contributed by atoms with Gasteiger partial charge in [0.1, 0.15) is 0 Å². The van der Waals surface area contributed by atoms with Crippen LogP contribution in [0.1, 0.15) is 40.9 Å². The molecule has 27 heavy (non-hydrogen) atoms. The van der Waals surface area contributed by atoms with Gasteiger partial charge >= 0.3 is 0 Å². The van der Waals surface area contributed by atoms with Crippen molar-refractivity contribution in [2.24, 2.45) is 4.99 Å². The van der Waals surface area contributed by atoms with Crippen molar-refractivity contribution in [1.82, 2.24) is 15.5 Å². The molecule has 1 amide bonds. The van der Waals surface area contributed by atoms with Crippen molar-refractivity contribution in [3.63, 3.8) is 0 Å². The summed E-state index contributed by atoms with van der Waals surface area (Å²) in [7, 11) is 1.76. The Labute approximate surface area is 162 Å². The number of amides is 1. The van der Waals surface area contributed by atoms with Crippen molar-refractivity contribution in [3.8, 4) is 0 Å². The van der Waals surface area contributed by atoms with E-state index in [1.165, 1.54) is 11.1 Å². The Bertz CT molecular complexity index is 764. The van der Waals surface area contributed by atoms with Crippen LogP contribution in [0.15, 0.2) is 53.5 Å². The minimum atomic E-state index is 0.0788. The molecule has 0 saturated carbocycles. The first-order valence-corrected chi connectivity index (χ1v) is 9.45. The van der Waals surface area contributed by atoms with Gasteiger partial charge in [-0.3, -0.25) is 9.79 Å². The number of guanidine groups is 1. The molecule has 2 aromatic rings. The Kier molecular flexibility index (Phi) is 7.86. The lowest BCUT2D eigenvalue weighted by atomic mass is 10.1. The molecular weight excluding hydrogens is 336 g/mol. The van der Waals surface area contributed by atoms with Gasteiger partial charge in [-0.2, -0.15) is 0 Å². The van der Waals surface area contributed by atoms with E-state index in [1.54, 1.807) is 7.05 Å². The summed E-state index contributed by atoms with van der Waals surface area (Å²) in [6, 6.07) is 16.1. The lowest BCUT2D eigenvalue weighted by molar-refractivity contribution is 0.0773. The van der Waals surface area contributed by atoms with Crippen molar-refractivity contribution in [2.45, 2.75) is 33.9 Å². The van der Waals surface area contributed by atoms with Crippen LogP contribution in [-0.4, -0.2) is 36.9 Å². The second-order valence-corrected chi connectivity index (χ2v) is 6.44. The van der Waals surface area contributed by atoms with E-state index in [-0.39, 0.29) is 5.91 Å². The summed E-state index contributed by atoms with van der Waals surface area (Å²) in [6.45, 7) is 8.89. The molecule has 5 nitrogen and oxygen atoms in total. The van der Waals surface area contributed by atoms with E-state index in [1.807, 2.05) is 43.0 Å². The molecule has 0 aliphatic rings. The average Bonchev–Trinajstić information content (AvgIpc) is 2.69. The molecule has 0 bridgehead atoms. The quantitative estimate of drug-likeness (QED) is 0.584. The lowest BCUT2D eigenvalue weighted by Crippen LogP contribution is -2.36. The monoisotopic (exact) mass is 366 g/mol. The first kappa shape index (κ1) is 20.5. The molecule has 0 spiro atoms. The predicted molar refractivity (Wildman–Crippen MR) is 112 cm³/mol. The Morgan fingerprint density at radius 2 is 1.59 bits per heavy atom. The summed E-state index contributed by atoms with van der Waals surface area (Å²) < 4.78 is 0. The van der Waals surface area contributed by atoms with Gasteiger partial charge in [0.25, 0.3) is 5.91 Å². The molecule has 0 atom stereocenters. The molecule has 2 rings (SSSR count). The highest BCUT2D eigenvalue weighted by molar-refractivity contribution is 5.94. The highest BCUT2D eigenvalue weighted by Gasteiger charge is 2.11. The smallest absolute Gasteiger partial charge is 0.253 e. The number of nitrogens with zero attached hydrogens (tertiary/aromatic N) is 2. The number of aliphatic imine (C=N–C) groups is 1. The zero-order chi connectivity index (χ0) is 19.6. The molecule has 0 aliphatic heterocycles. The van der Waals surface area contributed by atoms with E-state index in [0.29, 0.717) is 6.54 Å². The maximum atomic E-state index is 12.4. The standard InChI is InChI=1S/C22H30N4O/c1-5-26(6-2)21(27)20-12-10-18(11-13-20)15-24-22(23-4)25-16-19-9-7-8-17(3)14-19/h7-14H,5-6,15-16H2,1-4H3,(H2,23,24,25). The first-order valence-electron chi connectivity index (χ1n) is 9.45. The van der Waals surface area contributed by atoms with E-state index in [9.17, 15) is 4.79 Å². The van der Waals surface area contributed by atoms with E-state index < -0.39 is 0 Å². The van der Waals surface area contributed by atoms with Gasteiger partial charge in [-0.05, 0) is 44.0 Å². The minimum absolute atomic E-state index is 0.0788. The number of benzene rings is 2. The third kappa shape index (κ3) is 6.13. The number of rotatable bonds is 7. The van der Waals surface area contributed by atoms with Crippen LogP contribution in [0.2, 0.25) is 0 Å². The van der Waals surface area contributed by atoms with E-state index in [4.69, 9.17) is 0 Å². The number of hydrogen-bond donors (Lipinski definition) is 2. The van der Waals surface area contributed by atoms with Crippen LogP contribution in [0.4, 0.5) is 0 Å². The summed E-state index contributed by atoms with van der Waals surface area (Å²) in [5, 5.41) is 6.63. The summed E-state index contributed by atoms with van der Waals surface area (Å²) in [6.07, 6.45) is 0. The van der Waals surface area contributed by atoms with Crippen LogP contribution in [0.3, 0.4) is 0 Å². The van der Waals surface area contributed by atoms with Crippen molar-refractivity contribution in [2.75, 3.05) is 20.1 Å². The molecule has 0 aliphatic carbocycles. The predicted octanol–water partition coefficient (Wildman–Crippen LogP) is 3.34. The van der Waals surface area contributed by atoms with Crippen molar-refractivity contribution in [1.29, 1.82) is 0 Å². The van der Waals surface area contributed by atoms with Crippen LogP contribution in [-0.2, 0) is 13.1 Å². The first-order chi connectivity index (χ1) is 13.1. The maximum absolute atomic E-state index is 12.4. The highest BCUT2D eigenvalue weighted by Crippen LogP contribution is 2.08. The van der Waals surface area contributed by atoms with Crippen LogP contribution in [0, 0.1) is 6.92 Å². The number of nitrogens with one attached hydrogen (secondary N) is 2. The van der Waals surface area contributed by atoms with Crippen molar-refractivity contribution >= 4 is 11.9 Å². The second kappa shape index (κ2) is 10.4. The maximum Gasteiger partial charge on any atom is 0.253 e.